The lowest BCUT2D eigenvalue weighted by molar-refractivity contribution is 0.0474. The van der Waals surface area contributed by atoms with Gasteiger partial charge in [0.25, 0.3) is 0 Å². The van der Waals surface area contributed by atoms with Gasteiger partial charge in [-0.05, 0) is 49.8 Å². The summed E-state index contributed by atoms with van der Waals surface area (Å²) in [5.41, 5.74) is 1.73. The second kappa shape index (κ2) is 6.06. The van der Waals surface area contributed by atoms with Gasteiger partial charge in [0.05, 0.1) is 5.60 Å². The minimum absolute atomic E-state index is 0.470. The topological polar surface area (TPSA) is 32.3 Å². The Morgan fingerprint density at radius 1 is 1.37 bits per heavy atom. The predicted octanol–water partition coefficient (Wildman–Crippen LogP) is 3.55. The number of hydrogen-bond acceptors (Lipinski definition) is 2. The Hall–Kier alpha value is -0.860. The van der Waals surface area contributed by atoms with Crippen molar-refractivity contribution in [1.29, 1.82) is 0 Å². The SMILES string of the molecule is CC(C)NCCC(C)(O)c1cccc(C2CCC2)c1. The van der Waals surface area contributed by atoms with Crippen molar-refractivity contribution < 1.29 is 5.11 Å². The van der Waals surface area contributed by atoms with E-state index in [1.807, 2.05) is 6.92 Å². The summed E-state index contributed by atoms with van der Waals surface area (Å²) < 4.78 is 0. The van der Waals surface area contributed by atoms with Gasteiger partial charge in [0, 0.05) is 6.04 Å². The average molecular weight is 261 g/mol. The molecule has 0 bridgehead atoms. The molecule has 0 spiro atoms. The fraction of sp³-hybridized carbons (Fsp3) is 0.647. The molecular formula is C17H27NO. The molecule has 1 atom stereocenters. The fourth-order valence-corrected chi connectivity index (χ4v) is 2.62. The number of benzene rings is 1. The zero-order valence-corrected chi connectivity index (χ0v) is 12.4. The molecule has 0 radical (unpaired) electrons. The van der Waals surface area contributed by atoms with Gasteiger partial charge in [-0.15, -0.1) is 0 Å². The van der Waals surface area contributed by atoms with E-state index < -0.39 is 5.60 Å². The molecule has 0 aliphatic heterocycles. The van der Waals surface area contributed by atoms with Crippen molar-refractivity contribution in [1.82, 2.24) is 5.32 Å². The zero-order valence-electron chi connectivity index (χ0n) is 12.4. The summed E-state index contributed by atoms with van der Waals surface area (Å²) in [6, 6.07) is 9.02. The minimum atomic E-state index is -0.734. The first kappa shape index (κ1) is 14.5. The zero-order chi connectivity index (χ0) is 13.9. The summed E-state index contributed by atoms with van der Waals surface area (Å²) in [6.07, 6.45) is 4.71. The van der Waals surface area contributed by atoms with Crippen LogP contribution in [-0.2, 0) is 5.60 Å². The van der Waals surface area contributed by atoms with Gasteiger partial charge in [0.2, 0.25) is 0 Å². The normalized spacial score (nSPS) is 19.2. The molecule has 1 aromatic carbocycles. The molecule has 0 saturated heterocycles. The van der Waals surface area contributed by atoms with Crippen LogP contribution in [0.2, 0.25) is 0 Å². The fourth-order valence-electron chi connectivity index (χ4n) is 2.62. The summed E-state index contributed by atoms with van der Waals surface area (Å²) in [7, 11) is 0. The maximum absolute atomic E-state index is 10.7. The van der Waals surface area contributed by atoms with Crippen molar-refractivity contribution in [2.24, 2.45) is 0 Å². The molecule has 1 unspecified atom stereocenters. The summed E-state index contributed by atoms with van der Waals surface area (Å²) in [5, 5.41) is 14.0. The summed E-state index contributed by atoms with van der Waals surface area (Å²) in [4.78, 5) is 0. The Morgan fingerprint density at radius 2 is 2.11 bits per heavy atom. The van der Waals surface area contributed by atoms with Crippen molar-refractivity contribution in [2.75, 3.05) is 6.54 Å². The van der Waals surface area contributed by atoms with Gasteiger partial charge in [0.1, 0.15) is 0 Å². The van der Waals surface area contributed by atoms with E-state index in [-0.39, 0.29) is 0 Å². The third-order valence-corrected chi connectivity index (χ3v) is 4.25. The monoisotopic (exact) mass is 261 g/mol. The quantitative estimate of drug-likeness (QED) is 0.821. The molecule has 1 fully saturated rings. The Balaban J connectivity index is 2.02. The highest BCUT2D eigenvalue weighted by atomic mass is 16.3. The summed E-state index contributed by atoms with van der Waals surface area (Å²) in [6.45, 7) is 7.03. The van der Waals surface area contributed by atoms with Crippen LogP contribution in [0.1, 0.15) is 63.5 Å². The summed E-state index contributed by atoms with van der Waals surface area (Å²) >= 11 is 0. The Morgan fingerprint density at radius 3 is 2.68 bits per heavy atom. The number of hydrogen-bond donors (Lipinski definition) is 2. The Kier molecular flexibility index (Phi) is 4.64. The van der Waals surface area contributed by atoms with Crippen molar-refractivity contribution >= 4 is 0 Å². The summed E-state index contributed by atoms with van der Waals surface area (Å²) in [5.74, 6) is 0.726. The van der Waals surface area contributed by atoms with Crippen LogP contribution in [0, 0.1) is 0 Å². The van der Waals surface area contributed by atoms with Crippen LogP contribution in [0.3, 0.4) is 0 Å². The van der Waals surface area contributed by atoms with E-state index >= 15 is 0 Å². The Labute approximate surface area is 117 Å². The molecule has 1 aliphatic carbocycles. The second-order valence-corrected chi connectivity index (χ2v) is 6.39. The van der Waals surface area contributed by atoms with Crippen molar-refractivity contribution in [3.05, 3.63) is 35.4 Å². The van der Waals surface area contributed by atoms with Crippen LogP contribution in [0.25, 0.3) is 0 Å². The van der Waals surface area contributed by atoms with E-state index in [9.17, 15) is 5.11 Å². The van der Waals surface area contributed by atoms with Gasteiger partial charge in [-0.25, -0.2) is 0 Å². The van der Waals surface area contributed by atoms with Crippen LogP contribution in [0.15, 0.2) is 24.3 Å². The van der Waals surface area contributed by atoms with E-state index in [0.29, 0.717) is 6.04 Å². The number of aliphatic hydroxyl groups is 1. The highest BCUT2D eigenvalue weighted by Gasteiger charge is 2.25. The van der Waals surface area contributed by atoms with E-state index in [0.717, 1.165) is 24.4 Å². The van der Waals surface area contributed by atoms with Gasteiger partial charge in [0.15, 0.2) is 0 Å². The van der Waals surface area contributed by atoms with Gasteiger partial charge in [-0.1, -0.05) is 44.5 Å². The molecule has 0 heterocycles. The first-order valence-electron chi connectivity index (χ1n) is 7.55. The van der Waals surface area contributed by atoms with Gasteiger partial charge < -0.3 is 10.4 Å². The highest BCUT2D eigenvalue weighted by Crippen LogP contribution is 2.37. The predicted molar refractivity (Wildman–Crippen MR) is 80.4 cm³/mol. The lowest BCUT2D eigenvalue weighted by Crippen LogP contribution is -2.31. The molecule has 106 valence electrons. The van der Waals surface area contributed by atoms with Crippen LogP contribution in [-0.4, -0.2) is 17.7 Å². The third-order valence-electron chi connectivity index (χ3n) is 4.25. The molecule has 2 N–H and O–H groups in total. The largest absolute Gasteiger partial charge is 0.385 e. The van der Waals surface area contributed by atoms with Gasteiger partial charge in [-0.2, -0.15) is 0 Å². The van der Waals surface area contributed by atoms with E-state index in [2.05, 4.69) is 43.4 Å². The van der Waals surface area contributed by atoms with E-state index in [1.54, 1.807) is 0 Å². The molecular weight excluding hydrogens is 234 g/mol. The third kappa shape index (κ3) is 3.80. The van der Waals surface area contributed by atoms with Crippen LogP contribution >= 0.6 is 0 Å². The molecule has 2 rings (SSSR count). The lowest BCUT2D eigenvalue weighted by atomic mass is 9.78. The van der Waals surface area contributed by atoms with Crippen LogP contribution in [0.5, 0.6) is 0 Å². The maximum atomic E-state index is 10.7. The number of nitrogens with one attached hydrogen (secondary N) is 1. The first-order chi connectivity index (χ1) is 8.99. The van der Waals surface area contributed by atoms with E-state index in [1.165, 1.54) is 24.8 Å². The van der Waals surface area contributed by atoms with Gasteiger partial charge in [-0.3, -0.25) is 0 Å². The van der Waals surface area contributed by atoms with Crippen molar-refractivity contribution in [3.63, 3.8) is 0 Å². The smallest absolute Gasteiger partial charge is 0.0880 e. The molecule has 2 nitrogen and oxygen atoms in total. The standard InChI is InChI=1S/C17H27NO/c1-13(2)18-11-10-17(3,19)16-9-5-8-15(12-16)14-6-4-7-14/h5,8-9,12-14,18-19H,4,6-7,10-11H2,1-3H3. The average Bonchev–Trinajstić information content (AvgIpc) is 2.26. The second-order valence-electron chi connectivity index (χ2n) is 6.39. The maximum Gasteiger partial charge on any atom is 0.0880 e. The van der Waals surface area contributed by atoms with Crippen molar-refractivity contribution in [3.8, 4) is 0 Å². The first-order valence-corrected chi connectivity index (χ1v) is 7.55. The van der Waals surface area contributed by atoms with Gasteiger partial charge >= 0.3 is 0 Å². The Bertz CT molecular complexity index is 407. The molecule has 1 aromatic rings. The minimum Gasteiger partial charge on any atom is -0.385 e. The van der Waals surface area contributed by atoms with Crippen molar-refractivity contribution in [2.45, 2.75) is 64.0 Å². The molecule has 0 aromatic heterocycles. The van der Waals surface area contributed by atoms with E-state index in [4.69, 9.17) is 0 Å². The molecule has 2 heteroatoms. The number of rotatable bonds is 6. The lowest BCUT2D eigenvalue weighted by Gasteiger charge is -2.29. The van der Waals surface area contributed by atoms with Crippen LogP contribution in [0.4, 0.5) is 0 Å². The molecule has 1 aliphatic rings. The van der Waals surface area contributed by atoms with Crippen LogP contribution < -0.4 is 5.32 Å². The molecule has 0 amide bonds. The molecule has 1 saturated carbocycles. The molecule has 19 heavy (non-hydrogen) atoms. The highest BCUT2D eigenvalue weighted by molar-refractivity contribution is 5.31.